The molecule has 0 radical (unpaired) electrons. The van der Waals surface area contributed by atoms with Crippen molar-refractivity contribution in [3.05, 3.63) is 50.6 Å². The van der Waals surface area contributed by atoms with Gasteiger partial charge >= 0.3 is 6.18 Å². The van der Waals surface area contributed by atoms with Crippen molar-refractivity contribution in [1.29, 1.82) is 0 Å². The second-order valence-electron chi connectivity index (χ2n) is 4.15. The highest BCUT2D eigenvalue weighted by molar-refractivity contribution is 6.41. The minimum atomic E-state index is -4.65. The molecule has 0 spiro atoms. The Kier molecular flexibility index (Phi) is 4.68. The fraction of sp³-hybridized carbons (Fsp3) is 0.154. The maximum absolute atomic E-state index is 12.8. The molecule has 1 aromatic heterocycles. The van der Waals surface area contributed by atoms with E-state index in [0.29, 0.717) is 0 Å². The molecule has 0 aliphatic rings. The zero-order valence-electron chi connectivity index (χ0n) is 10.2. The maximum Gasteiger partial charge on any atom is 0.433 e. The molecule has 0 amide bonds. The summed E-state index contributed by atoms with van der Waals surface area (Å²) in [5, 5.41) is 9.50. The predicted molar refractivity (Wildman–Crippen MR) is 75.6 cm³/mol. The van der Waals surface area contributed by atoms with Crippen LogP contribution in [0, 0.1) is 0 Å². The molecule has 0 atom stereocenters. The maximum atomic E-state index is 12.8. The van der Waals surface area contributed by atoms with Crippen LogP contribution in [-0.4, -0.2) is 10.1 Å². The van der Waals surface area contributed by atoms with Gasteiger partial charge in [0, 0.05) is 10.6 Å². The van der Waals surface area contributed by atoms with Crippen molar-refractivity contribution in [2.45, 2.75) is 12.8 Å². The summed E-state index contributed by atoms with van der Waals surface area (Å²) < 4.78 is 38.5. The summed E-state index contributed by atoms with van der Waals surface area (Å²) in [5.74, 6) is 0. The Hall–Kier alpha value is -1.01. The van der Waals surface area contributed by atoms with E-state index in [1.54, 1.807) is 0 Å². The Labute approximate surface area is 133 Å². The minimum absolute atomic E-state index is 0.0504. The lowest BCUT2D eigenvalue weighted by Gasteiger charge is -2.12. The van der Waals surface area contributed by atoms with Crippen LogP contribution in [0.3, 0.4) is 0 Å². The first-order chi connectivity index (χ1) is 9.72. The van der Waals surface area contributed by atoms with Crippen LogP contribution in [-0.2, 0) is 12.8 Å². The number of aliphatic hydroxyl groups excluding tert-OH is 1. The SMILES string of the molecule is OCc1cc(-c2c(Cl)cc(Cl)cc2Cl)nc(C(F)(F)F)c1. The molecule has 0 fully saturated rings. The minimum Gasteiger partial charge on any atom is -0.392 e. The van der Waals surface area contributed by atoms with Crippen LogP contribution in [0.15, 0.2) is 24.3 Å². The average Bonchev–Trinajstić information content (AvgIpc) is 2.36. The van der Waals surface area contributed by atoms with E-state index < -0.39 is 18.5 Å². The lowest BCUT2D eigenvalue weighted by atomic mass is 10.1. The van der Waals surface area contributed by atoms with Crippen LogP contribution < -0.4 is 0 Å². The van der Waals surface area contributed by atoms with Gasteiger partial charge in [0.05, 0.1) is 22.3 Å². The number of hydrogen-bond acceptors (Lipinski definition) is 2. The number of halogens is 6. The van der Waals surface area contributed by atoms with E-state index in [1.807, 2.05) is 0 Å². The number of nitrogens with zero attached hydrogens (tertiary/aromatic N) is 1. The fourth-order valence-corrected chi connectivity index (χ4v) is 2.75. The van der Waals surface area contributed by atoms with Gasteiger partial charge in [-0.2, -0.15) is 13.2 Å². The number of pyridine rings is 1. The van der Waals surface area contributed by atoms with E-state index in [0.717, 1.165) is 6.07 Å². The molecule has 2 rings (SSSR count). The number of alkyl halides is 3. The lowest BCUT2D eigenvalue weighted by Crippen LogP contribution is -2.09. The molecular formula is C13H7Cl3F3NO. The Morgan fingerprint density at radius 1 is 1.00 bits per heavy atom. The van der Waals surface area contributed by atoms with E-state index in [-0.39, 0.29) is 31.9 Å². The molecule has 1 aromatic carbocycles. The van der Waals surface area contributed by atoms with Crippen LogP contribution in [0.4, 0.5) is 13.2 Å². The fourth-order valence-electron chi connectivity index (χ4n) is 1.74. The third kappa shape index (κ3) is 3.61. The van der Waals surface area contributed by atoms with Crippen molar-refractivity contribution in [2.24, 2.45) is 0 Å². The highest BCUT2D eigenvalue weighted by Crippen LogP contribution is 2.38. The Morgan fingerprint density at radius 3 is 2.05 bits per heavy atom. The van der Waals surface area contributed by atoms with E-state index in [2.05, 4.69) is 4.98 Å². The summed E-state index contributed by atoms with van der Waals surface area (Å²) in [4.78, 5) is 3.53. The highest BCUT2D eigenvalue weighted by Gasteiger charge is 2.33. The van der Waals surface area contributed by atoms with E-state index in [4.69, 9.17) is 39.9 Å². The van der Waals surface area contributed by atoms with Crippen LogP contribution in [0.25, 0.3) is 11.3 Å². The van der Waals surface area contributed by atoms with Crippen molar-refractivity contribution in [2.75, 3.05) is 0 Å². The monoisotopic (exact) mass is 355 g/mol. The lowest BCUT2D eigenvalue weighted by molar-refractivity contribution is -0.141. The second-order valence-corrected chi connectivity index (χ2v) is 5.40. The van der Waals surface area contributed by atoms with Crippen molar-refractivity contribution in [1.82, 2.24) is 4.98 Å². The van der Waals surface area contributed by atoms with Gasteiger partial charge < -0.3 is 5.11 Å². The molecule has 0 aliphatic heterocycles. The quantitative estimate of drug-likeness (QED) is 0.800. The van der Waals surface area contributed by atoms with Gasteiger partial charge in [0.2, 0.25) is 0 Å². The second kappa shape index (κ2) is 6.01. The molecule has 2 nitrogen and oxygen atoms in total. The van der Waals surface area contributed by atoms with Gasteiger partial charge in [0.1, 0.15) is 5.69 Å². The van der Waals surface area contributed by atoms with Gasteiger partial charge in [-0.3, -0.25) is 0 Å². The normalized spacial score (nSPS) is 11.8. The van der Waals surface area contributed by atoms with Gasteiger partial charge in [0.25, 0.3) is 0 Å². The van der Waals surface area contributed by atoms with Crippen LogP contribution in [0.1, 0.15) is 11.3 Å². The zero-order chi connectivity index (χ0) is 15.8. The summed E-state index contributed by atoms with van der Waals surface area (Å²) >= 11 is 17.7. The van der Waals surface area contributed by atoms with Gasteiger partial charge in [-0.1, -0.05) is 34.8 Å². The third-order valence-corrected chi connectivity index (χ3v) is 3.44. The van der Waals surface area contributed by atoms with Gasteiger partial charge in [-0.25, -0.2) is 4.98 Å². The highest BCUT2D eigenvalue weighted by atomic mass is 35.5. The Bertz CT molecular complexity index is 666. The molecular weight excluding hydrogens is 350 g/mol. The van der Waals surface area contributed by atoms with Gasteiger partial charge in [0.15, 0.2) is 0 Å². The van der Waals surface area contributed by atoms with Crippen molar-refractivity contribution < 1.29 is 18.3 Å². The summed E-state index contributed by atoms with van der Waals surface area (Å²) in [6.07, 6.45) is -4.65. The molecule has 21 heavy (non-hydrogen) atoms. The first kappa shape index (κ1) is 16.4. The molecule has 112 valence electrons. The number of aromatic nitrogens is 1. The van der Waals surface area contributed by atoms with Crippen molar-refractivity contribution in [3.8, 4) is 11.3 Å². The van der Waals surface area contributed by atoms with Crippen molar-refractivity contribution in [3.63, 3.8) is 0 Å². The van der Waals surface area contributed by atoms with Gasteiger partial charge in [-0.05, 0) is 29.8 Å². The molecule has 0 saturated heterocycles. The smallest absolute Gasteiger partial charge is 0.392 e. The standard InChI is InChI=1S/C13H7Cl3F3NO/c14-7-3-8(15)12(9(16)4-7)10-1-6(5-21)2-11(20-10)13(17,18)19/h1-4,21H,5H2. The third-order valence-electron chi connectivity index (χ3n) is 2.62. The molecule has 0 saturated carbocycles. The summed E-state index contributed by atoms with van der Waals surface area (Å²) in [7, 11) is 0. The van der Waals surface area contributed by atoms with E-state index in [9.17, 15) is 13.2 Å². The topological polar surface area (TPSA) is 33.1 Å². The van der Waals surface area contributed by atoms with Crippen molar-refractivity contribution >= 4 is 34.8 Å². The summed E-state index contributed by atoms with van der Waals surface area (Å²) in [6, 6.07) is 4.76. The van der Waals surface area contributed by atoms with E-state index in [1.165, 1.54) is 18.2 Å². The molecule has 8 heteroatoms. The molecule has 0 unspecified atom stereocenters. The molecule has 1 heterocycles. The summed E-state index contributed by atoms with van der Waals surface area (Å²) in [6.45, 7) is -0.568. The number of benzene rings is 1. The summed E-state index contributed by atoms with van der Waals surface area (Å²) in [5.41, 5.74) is -1.04. The zero-order valence-corrected chi connectivity index (χ0v) is 12.4. The molecule has 1 N–H and O–H groups in total. The predicted octanol–water partition coefficient (Wildman–Crippen LogP) is 5.22. The number of aliphatic hydroxyl groups is 1. The first-order valence-corrected chi connectivity index (χ1v) is 6.69. The van der Waals surface area contributed by atoms with Crippen LogP contribution in [0.2, 0.25) is 15.1 Å². The number of hydrogen-bond donors (Lipinski definition) is 1. The van der Waals surface area contributed by atoms with Crippen LogP contribution in [0.5, 0.6) is 0 Å². The first-order valence-electron chi connectivity index (χ1n) is 5.56. The van der Waals surface area contributed by atoms with Crippen LogP contribution >= 0.6 is 34.8 Å². The van der Waals surface area contributed by atoms with Gasteiger partial charge in [-0.15, -0.1) is 0 Å². The molecule has 0 aliphatic carbocycles. The average molecular weight is 357 g/mol. The Morgan fingerprint density at radius 2 is 1.57 bits per heavy atom. The molecule has 2 aromatic rings. The molecule has 0 bridgehead atoms. The largest absolute Gasteiger partial charge is 0.433 e. The Balaban J connectivity index is 2.70. The number of rotatable bonds is 2. The van der Waals surface area contributed by atoms with E-state index >= 15 is 0 Å².